The Morgan fingerprint density at radius 1 is 0.275 bits per heavy atom. The summed E-state index contributed by atoms with van der Waals surface area (Å²) in [4.78, 5) is 121. The van der Waals surface area contributed by atoms with Gasteiger partial charge in [-0.2, -0.15) is 0 Å². The summed E-state index contributed by atoms with van der Waals surface area (Å²) in [5.41, 5.74) is 2.57. The van der Waals surface area contributed by atoms with Crippen LogP contribution < -0.4 is 0 Å². The predicted octanol–water partition coefficient (Wildman–Crippen LogP) is 14.6. The normalized spacial score (nSPS) is 11.3. The molecule has 0 fully saturated rings. The molecule has 1 unspecified atom stereocenters. The zero-order valence-electron chi connectivity index (χ0n) is 56.3. The number of esters is 10. The maximum Gasteiger partial charge on any atom is 0.338 e. The van der Waals surface area contributed by atoms with E-state index in [1.165, 1.54) is 0 Å². The van der Waals surface area contributed by atoms with Crippen molar-refractivity contribution in [3.05, 3.63) is 34.9 Å². The Bertz CT molecular complexity index is 2120. The summed E-state index contributed by atoms with van der Waals surface area (Å²) < 4.78 is 53.2. The van der Waals surface area contributed by atoms with Gasteiger partial charge in [0.15, 0.2) is 0 Å². The minimum Gasteiger partial charge on any atom is -0.466 e. The van der Waals surface area contributed by atoms with Gasteiger partial charge in [-0.05, 0) is 212 Å². The van der Waals surface area contributed by atoms with E-state index in [1.807, 2.05) is 32.0 Å². The van der Waals surface area contributed by atoms with Gasteiger partial charge in [0.2, 0.25) is 0 Å². The van der Waals surface area contributed by atoms with Crippen LogP contribution in [0, 0.1) is 19.8 Å². The van der Waals surface area contributed by atoms with E-state index in [2.05, 4.69) is 13.8 Å². The molecule has 0 amide bonds. The second-order valence-electron chi connectivity index (χ2n) is 23.7. The third-order valence-corrected chi connectivity index (χ3v) is 15.0. The van der Waals surface area contributed by atoms with Crippen molar-refractivity contribution in [3.63, 3.8) is 0 Å². The van der Waals surface area contributed by atoms with Gasteiger partial charge in [-0.25, -0.2) is 4.79 Å². The molecule has 1 rings (SSSR count). The first-order valence-electron chi connectivity index (χ1n) is 34.8. The lowest BCUT2D eigenvalue weighted by molar-refractivity contribution is -0.146. The molecule has 0 aromatic heterocycles. The van der Waals surface area contributed by atoms with E-state index in [0.717, 1.165) is 94.6 Å². The summed E-state index contributed by atoms with van der Waals surface area (Å²) in [6.45, 7) is 11.4. The third-order valence-electron chi connectivity index (χ3n) is 15.0. The molecule has 20 heteroatoms. The SMILES string of the molecule is CCCCC(CC)COC(=O)CCCCCOC(=O)CCCCCOC(=O)CCCCCOC(=O)CCCCCOC(=O)CCCCCOC(=O)CCCCCOC(=O)CCCCCOC(=O)CCCCCOC(=O)CCCCCOC(=O)c1cc(C)cc(C)c1. The Hall–Kier alpha value is -6.08. The summed E-state index contributed by atoms with van der Waals surface area (Å²) in [7, 11) is 0. The molecule has 0 saturated carbocycles. The van der Waals surface area contributed by atoms with Crippen molar-refractivity contribution >= 4 is 59.7 Å². The van der Waals surface area contributed by atoms with Gasteiger partial charge in [-0.1, -0.05) is 50.3 Å². The second kappa shape index (κ2) is 59.0. The highest BCUT2D eigenvalue weighted by molar-refractivity contribution is 5.89. The summed E-state index contributed by atoms with van der Waals surface area (Å²) in [5, 5.41) is 0. The maximum absolute atomic E-state index is 12.2. The van der Waals surface area contributed by atoms with Gasteiger partial charge in [-0.15, -0.1) is 0 Å². The van der Waals surface area contributed by atoms with Crippen molar-refractivity contribution in [1.82, 2.24) is 0 Å². The van der Waals surface area contributed by atoms with Gasteiger partial charge in [0, 0.05) is 57.8 Å². The highest BCUT2D eigenvalue weighted by atomic mass is 16.6. The fourth-order valence-corrected chi connectivity index (χ4v) is 9.52. The molecule has 91 heavy (non-hydrogen) atoms. The standard InChI is InChI=1S/C71H116O20/c1-5-7-35-60(6-2)57-91-70(80)44-25-15-33-52-89-68(78)42-23-13-31-50-87-66(76)40-21-11-29-48-85-64(74)38-19-9-27-46-83-62(72)36-17-8-26-45-82-63(73)37-18-10-28-47-84-65(75)39-20-12-30-49-86-67(77)41-22-14-32-51-88-69(79)43-24-16-34-53-90-71(81)61-55-58(3)54-59(4)56-61/h54-56,60H,5-53,57H2,1-4H3. The highest BCUT2D eigenvalue weighted by Crippen LogP contribution is 2.16. The topological polar surface area (TPSA) is 263 Å². The number of aryl methyl sites for hydroxylation is 2. The highest BCUT2D eigenvalue weighted by Gasteiger charge is 2.14. The molecule has 0 heterocycles. The molecule has 0 saturated heterocycles. The molecular weight excluding hydrogens is 1170 g/mol. The van der Waals surface area contributed by atoms with Crippen LogP contribution in [-0.4, -0.2) is 126 Å². The number of rotatable bonds is 61. The largest absolute Gasteiger partial charge is 0.466 e. The van der Waals surface area contributed by atoms with Crippen LogP contribution in [0.15, 0.2) is 18.2 Å². The molecule has 20 nitrogen and oxygen atoms in total. The predicted molar refractivity (Wildman–Crippen MR) is 344 cm³/mol. The average Bonchev–Trinajstić information content (AvgIpc) is 1.81. The van der Waals surface area contributed by atoms with E-state index < -0.39 is 0 Å². The van der Waals surface area contributed by atoms with Crippen molar-refractivity contribution < 1.29 is 95.3 Å². The van der Waals surface area contributed by atoms with Gasteiger partial charge in [0.05, 0.1) is 71.6 Å². The minimum absolute atomic E-state index is 0.156. The molecule has 1 aromatic rings. The van der Waals surface area contributed by atoms with Crippen LogP contribution >= 0.6 is 0 Å². The van der Waals surface area contributed by atoms with E-state index in [-0.39, 0.29) is 105 Å². The Morgan fingerprint density at radius 3 is 0.714 bits per heavy atom. The van der Waals surface area contributed by atoms with Gasteiger partial charge in [0.1, 0.15) is 0 Å². The van der Waals surface area contributed by atoms with Crippen LogP contribution in [0.4, 0.5) is 0 Å². The zero-order chi connectivity index (χ0) is 66.6. The summed E-state index contributed by atoms with van der Waals surface area (Å²) in [5.74, 6) is -2.19. The van der Waals surface area contributed by atoms with E-state index in [4.69, 9.17) is 47.4 Å². The lowest BCUT2D eigenvalue weighted by atomic mass is 10.0. The fourth-order valence-electron chi connectivity index (χ4n) is 9.52. The van der Waals surface area contributed by atoms with Crippen molar-refractivity contribution in [2.45, 2.75) is 285 Å². The number of carbonyl (C=O) groups excluding carboxylic acids is 10. The lowest BCUT2D eigenvalue weighted by Crippen LogP contribution is -2.13. The molecule has 0 aliphatic carbocycles. The van der Waals surface area contributed by atoms with Gasteiger partial charge < -0.3 is 47.4 Å². The monoisotopic (exact) mass is 1290 g/mol. The first-order valence-corrected chi connectivity index (χ1v) is 34.8. The first-order chi connectivity index (χ1) is 44.1. The first kappa shape index (κ1) is 82.9. The van der Waals surface area contributed by atoms with Crippen LogP contribution in [-0.2, 0) is 90.5 Å². The molecule has 520 valence electrons. The van der Waals surface area contributed by atoms with Gasteiger partial charge in [-0.3, -0.25) is 43.2 Å². The zero-order valence-corrected chi connectivity index (χ0v) is 56.3. The quantitative estimate of drug-likeness (QED) is 0.0333. The van der Waals surface area contributed by atoms with Crippen molar-refractivity contribution in [3.8, 4) is 0 Å². The van der Waals surface area contributed by atoms with Crippen LogP contribution in [0.25, 0.3) is 0 Å². The average molecular weight is 1290 g/mol. The number of hydrogen-bond acceptors (Lipinski definition) is 20. The summed E-state index contributed by atoms with van der Waals surface area (Å²) in [6.07, 6.45) is 25.6. The molecule has 1 atom stereocenters. The lowest BCUT2D eigenvalue weighted by Gasteiger charge is -2.14. The Morgan fingerprint density at radius 2 is 0.495 bits per heavy atom. The van der Waals surface area contributed by atoms with Crippen molar-refractivity contribution in [1.29, 1.82) is 0 Å². The number of ether oxygens (including phenoxy) is 10. The molecule has 0 aliphatic heterocycles. The molecule has 0 spiro atoms. The fraction of sp³-hybridized carbons (Fsp3) is 0.775. The summed E-state index contributed by atoms with van der Waals surface area (Å²) >= 11 is 0. The Labute approximate surface area is 544 Å². The van der Waals surface area contributed by atoms with Gasteiger partial charge >= 0.3 is 59.7 Å². The molecule has 1 aromatic carbocycles. The van der Waals surface area contributed by atoms with Gasteiger partial charge in [0.25, 0.3) is 0 Å². The van der Waals surface area contributed by atoms with Crippen molar-refractivity contribution in [2.75, 3.05) is 66.1 Å². The molecule has 0 aliphatic rings. The van der Waals surface area contributed by atoms with Crippen LogP contribution in [0.5, 0.6) is 0 Å². The molecule has 0 bridgehead atoms. The van der Waals surface area contributed by atoms with Crippen LogP contribution in [0.2, 0.25) is 0 Å². The van der Waals surface area contributed by atoms with E-state index in [9.17, 15) is 47.9 Å². The Kier molecular flexibility index (Phi) is 53.7. The van der Waals surface area contributed by atoms with E-state index in [1.54, 1.807) is 0 Å². The third kappa shape index (κ3) is 54.2. The van der Waals surface area contributed by atoms with E-state index in [0.29, 0.717) is 205 Å². The number of hydrogen-bond donors (Lipinski definition) is 0. The molecule has 0 N–H and O–H groups in total. The minimum atomic E-state index is -0.337. The Balaban J connectivity index is 1.82. The van der Waals surface area contributed by atoms with E-state index >= 15 is 0 Å². The number of carbonyl (C=O) groups is 10. The number of unbranched alkanes of at least 4 members (excludes halogenated alkanes) is 19. The number of benzene rings is 1. The molecular formula is C71H116O20. The smallest absolute Gasteiger partial charge is 0.338 e. The summed E-state index contributed by atoms with van der Waals surface area (Å²) in [6, 6.07) is 5.62. The van der Waals surface area contributed by atoms with Crippen LogP contribution in [0.3, 0.4) is 0 Å². The second-order valence-corrected chi connectivity index (χ2v) is 23.7. The van der Waals surface area contributed by atoms with Crippen LogP contribution in [0.1, 0.15) is 292 Å². The molecule has 0 radical (unpaired) electrons. The maximum atomic E-state index is 12.2. The van der Waals surface area contributed by atoms with Crippen molar-refractivity contribution in [2.24, 2.45) is 5.92 Å².